The number of sulfone groups is 1. The first-order chi connectivity index (χ1) is 15.3. The van der Waals surface area contributed by atoms with Gasteiger partial charge in [-0.3, -0.25) is 0 Å². The largest absolute Gasteiger partial charge is 0.339 e. The van der Waals surface area contributed by atoms with Gasteiger partial charge in [0.1, 0.15) is 0 Å². The lowest BCUT2D eigenvalue weighted by molar-refractivity contribution is 0.592. The van der Waals surface area contributed by atoms with E-state index in [9.17, 15) is 8.42 Å². The Morgan fingerprint density at radius 2 is 1.81 bits per heavy atom. The van der Waals surface area contributed by atoms with E-state index in [2.05, 4.69) is 20.6 Å². The smallest absolute Gasteiger partial charge is 0.229 e. The van der Waals surface area contributed by atoms with Gasteiger partial charge >= 0.3 is 0 Å². The lowest BCUT2D eigenvalue weighted by atomic mass is 10.2. The number of hydrogen-bond acceptors (Lipinski definition) is 7. The van der Waals surface area contributed by atoms with E-state index in [-0.39, 0.29) is 15.6 Å². The molecule has 2 aromatic carbocycles. The van der Waals surface area contributed by atoms with E-state index < -0.39 is 9.84 Å². The van der Waals surface area contributed by atoms with Gasteiger partial charge in [-0.2, -0.15) is 4.52 Å². The molecule has 5 aromatic rings. The maximum atomic E-state index is 13.5. The maximum Gasteiger partial charge on any atom is 0.229 e. The minimum absolute atomic E-state index is 0.164. The molecule has 0 atom stereocenters. The van der Waals surface area contributed by atoms with Crippen LogP contribution in [0, 0.1) is 20.8 Å². The second-order valence-electron chi connectivity index (χ2n) is 7.59. The average molecular weight is 484 g/mol. The van der Waals surface area contributed by atoms with Crippen LogP contribution in [0.5, 0.6) is 0 Å². The van der Waals surface area contributed by atoms with Crippen molar-refractivity contribution in [2.24, 2.45) is 0 Å². The highest BCUT2D eigenvalue weighted by molar-refractivity contribution is 7.91. The Morgan fingerprint density at radius 1 is 1.03 bits per heavy atom. The lowest BCUT2D eigenvalue weighted by Crippen LogP contribution is -2.07. The van der Waals surface area contributed by atoms with Crippen LogP contribution < -0.4 is 5.32 Å². The summed E-state index contributed by atoms with van der Waals surface area (Å²) >= 11 is 7.75. The molecule has 32 heavy (non-hydrogen) atoms. The van der Waals surface area contributed by atoms with E-state index in [0.717, 1.165) is 27.0 Å². The molecule has 0 bridgehead atoms. The molecule has 0 aliphatic carbocycles. The van der Waals surface area contributed by atoms with E-state index >= 15 is 0 Å². The normalized spacial score (nSPS) is 12.0. The van der Waals surface area contributed by atoms with Crippen molar-refractivity contribution in [1.29, 1.82) is 0 Å². The minimum Gasteiger partial charge on any atom is -0.339 e. The molecule has 0 spiro atoms. The van der Waals surface area contributed by atoms with E-state index in [0.29, 0.717) is 16.4 Å². The highest BCUT2D eigenvalue weighted by Crippen LogP contribution is 2.34. The van der Waals surface area contributed by atoms with Crippen LogP contribution in [-0.2, 0) is 9.84 Å². The molecule has 0 aliphatic rings. The summed E-state index contributed by atoms with van der Waals surface area (Å²) in [6, 6.07) is 12.8. The Balaban J connectivity index is 1.72. The zero-order valence-electron chi connectivity index (χ0n) is 17.4. The van der Waals surface area contributed by atoms with Gasteiger partial charge in [-0.05, 0) is 67.1 Å². The van der Waals surface area contributed by atoms with Crippen LogP contribution >= 0.6 is 22.9 Å². The van der Waals surface area contributed by atoms with Crippen molar-refractivity contribution in [2.45, 2.75) is 30.7 Å². The molecule has 7 nitrogen and oxygen atoms in total. The number of fused-ring (bicyclic) bond motifs is 3. The van der Waals surface area contributed by atoms with Crippen LogP contribution in [-0.4, -0.2) is 28.2 Å². The van der Waals surface area contributed by atoms with E-state index in [1.54, 1.807) is 19.1 Å². The van der Waals surface area contributed by atoms with Gasteiger partial charge in [0, 0.05) is 10.7 Å². The fourth-order valence-electron chi connectivity index (χ4n) is 3.49. The number of aromatic nitrogens is 4. The molecule has 0 fully saturated rings. The van der Waals surface area contributed by atoms with Crippen molar-refractivity contribution < 1.29 is 8.42 Å². The molecule has 1 N–H and O–H groups in total. The van der Waals surface area contributed by atoms with Crippen molar-refractivity contribution in [3.8, 4) is 0 Å². The zero-order chi connectivity index (χ0) is 22.6. The van der Waals surface area contributed by atoms with Crippen molar-refractivity contribution in [3.05, 3.63) is 69.6 Å². The van der Waals surface area contributed by atoms with Gasteiger partial charge in [-0.1, -0.05) is 35.0 Å². The Hall–Kier alpha value is -3.01. The Morgan fingerprint density at radius 3 is 2.59 bits per heavy atom. The molecule has 5 rings (SSSR count). The highest BCUT2D eigenvalue weighted by Gasteiger charge is 2.28. The fourth-order valence-corrected chi connectivity index (χ4v) is 6.05. The summed E-state index contributed by atoms with van der Waals surface area (Å²) in [5.74, 6) is 0.516. The molecule has 0 unspecified atom stereocenters. The molecule has 3 aromatic heterocycles. The van der Waals surface area contributed by atoms with E-state index in [4.69, 9.17) is 11.6 Å². The summed E-state index contributed by atoms with van der Waals surface area (Å²) in [6.45, 7) is 5.54. The highest BCUT2D eigenvalue weighted by atomic mass is 35.5. The minimum atomic E-state index is -3.93. The van der Waals surface area contributed by atoms with Crippen LogP contribution in [0.25, 0.3) is 15.9 Å². The second-order valence-corrected chi connectivity index (χ2v) is 10.7. The number of benzene rings is 2. The van der Waals surface area contributed by atoms with Crippen molar-refractivity contribution in [2.75, 3.05) is 5.32 Å². The third kappa shape index (κ3) is 3.33. The number of halogens is 1. The van der Waals surface area contributed by atoms with Crippen molar-refractivity contribution in [3.63, 3.8) is 0 Å². The first-order valence-corrected chi connectivity index (χ1v) is 12.5. The number of aryl methyl sites for hydroxylation is 3. The lowest BCUT2D eigenvalue weighted by Gasteiger charge is -2.10. The van der Waals surface area contributed by atoms with Gasteiger partial charge in [-0.15, -0.1) is 16.4 Å². The van der Waals surface area contributed by atoms with Crippen molar-refractivity contribution >= 4 is 60.1 Å². The summed E-state index contributed by atoms with van der Waals surface area (Å²) < 4.78 is 29.3. The quantitative estimate of drug-likeness (QED) is 0.363. The first kappa shape index (κ1) is 20.9. The molecule has 0 saturated carbocycles. The van der Waals surface area contributed by atoms with Gasteiger partial charge < -0.3 is 5.32 Å². The maximum absolute atomic E-state index is 13.5. The summed E-state index contributed by atoms with van der Waals surface area (Å²) in [5, 5.41) is 13.8. The van der Waals surface area contributed by atoms with Crippen LogP contribution in [0.1, 0.15) is 16.7 Å². The Kier molecular flexibility index (Phi) is 4.92. The number of rotatable bonds is 4. The standard InChI is InChI=1S/C22H18ClN5O2S2/c1-12-4-5-14(3)18(10-12)32(29,30)22-21-25-20(24-15-7-6-13(2)16(23)11-15)19-17(8-9-31-19)28(21)27-26-22/h4-11H,1-3H3,(H,24,25). The van der Waals surface area contributed by atoms with Gasteiger partial charge in [0.05, 0.1) is 15.1 Å². The number of nitrogens with zero attached hydrogens (tertiary/aromatic N) is 4. The van der Waals surface area contributed by atoms with E-state index in [1.807, 2.05) is 49.6 Å². The van der Waals surface area contributed by atoms with Crippen molar-refractivity contribution in [1.82, 2.24) is 19.8 Å². The Labute approximate surface area is 193 Å². The number of thiophene rings is 1. The molecular formula is C22H18ClN5O2S2. The Bertz CT molecular complexity index is 1620. The molecule has 0 amide bonds. The fraction of sp³-hybridized carbons (Fsp3) is 0.136. The average Bonchev–Trinajstić information content (AvgIpc) is 3.39. The molecule has 162 valence electrons. The van der Waals surface area contributed by atoms with Gasteiger partial charge in [0.25, 0.3) is 0 Å². The number of anilines is 2. The predicted molar refractivity (Wildman–Crippen MR) is 127 cm³/mol. The van der Waals surface area contributed by atoms with Crippen LogP contribution in [0.4, 0.5) is 11.5 Å². The van der Waals surface area contributed by atoms with Crippen LogP contribution in [0.3, 0.4) is 0 Å². The van der Waals surface area contributed by atoms with Gasteiger partial charge in [0.15, 0.2) is 11.5 Å². The molecular weight excluding hydrogens is 466 g/mol. The third-order valence-electron chi connectivity index (χ3n) is 5.24. The monoisotopic (exact) mass is 483 g/mol. The molecule has 10 heteroatoms. The number of nitrogens with one attached hydrogen (secondary N) is 1. The van der Waals surface area contributed by atoms with Gasteiger partial charge in [-0.25, -0.2) is 13.4 Å². The van der Waals surface area contributed by atoms with Crippen LogP contribution in [0.2, 0.25) is 5.02 Å². The molecule has 0 aliphatic heterocycles. The third-order valence-corrected chi connectivity index (χ3v) is 8.35. The SMILES string of the molecule is Cc1ccc(C)c(S(=O)(=O)c2nnn3c2nc(Nc2ccc(C)c(Cl)c2)c2sccc23)c1. The van der Waals surface area contributed by atoms with E-state index in [1.165, 1.54) is 15.9 Å². The molecule has 0 radical (unpaired) electrons. The molecule has 3 heterocycles. The summed E-state index contributed by atoms with van der Waals surface area (Å²) in [5.41, 5.74) is 4.08. The second kappa shape index (κ2) is 7.54. The first-order valence-electron chi connectivity index (χ1n) is 9.74. The van der Waals surface area contributed by atoms with Crippen LogP contribution in [0.15, 0.2) is 57.8 Å². The predicted octanol–water partition coefficient (Wildman–Crippen LogP) is 5.49. The topological polar surface area (TPSA) is 89.2 Å². The summed E-state index contributed by atoms with van der Waals surface area (Å²) in [4.78, 5) is 4.84. The number of hydrogen-bond donors (Lipinski definition) is 1. The van der Waals surface area contributed by atoms with Gasteiger partial charge in [0.2, 0.25) is 14.9 Å². The summed E-state index contributed by atoms with van der Waals surface area (Å²) in [6.07, 6.45) is 0. The summed E-state index contributed by atoms with van der Waals surface area (Å²) in [7, 11) is -3.93. The zero-order valence-corrected chi connectivity index (χ0v) is 19.8. The molecule has 0 saturated heterocycles.